The molecule has 0 aliphatic heterocycles. The third kappa shape index (κ3) is 4.11. The van der Waals surface area contributed by atoms with E-state index < -0.39 is 10.0 Å². The molecule has 0 amide bonds. The highest BCUT2D eigenvalue weighted by Crippen LogP contribution is 1.75. The van der Waals surface area contributed by atoms with Gasteiger partial charge in [0.1, 0.15) is 0 Å². The Kier molecular flexibility index (Phi) is 2.41. The molecule has 0 radical (unpaired) electrons. The van der Waals surface area contributed by atoms with Crippen LogP contribution < -0.4 is 0 Å². The molecule has 30 valence electrons. The molecule has 4 heteroatoms. The van der Waals surface area contributed by atoms with Gasteiger partial charge in [-0.2, -0.15) is 0 Å². The van der Waals surface area contributed by atoms with Crippen molar-refractivity contribution in [3.8, 4) is 0 Å². The molecule has 0 heterocycles. The van der Waals surface area contributed by atoms with Crippen molar-refractivity contribution in [1.82, 2.24) is 0 Å². The van der Waals surface area contributed by atoms with Gasteiger partial charge in [-0.3, -0.25) is 4.79 Å². The molecule has 0 aromatic carbocycles. The SMILES string of the molecule is O=CS(=O)Cl. The van der Waals surface area contributed by atoms with Gasteiger partial charge in [0.15, 0.2) is 10.0 Å². The van der Waals surface area contributed by atoms with Crippen molar-refractivity contribution in [3.63, 3.8) is 0 Å². The Morgan fingerprint density at radius 1 is 1.80 bits per heavy atom. The van der Waals surface area contributed by atoms with Crippen molar-refractivity contribution >= 4 is 26.3 Å². The number of rotatable bonds is 1. The van der Waals surface area contributed by atoms with Crippen molar-refractivity contribution < 1.29 is 9.00 Å². The summed E-state index contributed by atoms with van der Waals surface area (Å²) in [6, 6.07) is 0. The van der Waals surface area contributed by atoms with Gasteiger partial charge in [0, 0.05) is 0 Å². The lowest BCUT2D eigenvalue weighted by molar-refractivity contribution is 0.567. The maximum atomic E-state index is 9.32. The predicted molar refractivity (Wildman–Crippen MR) is 20.7 cm³/mol. The molecule has 0 aliphatic rings. The first-order valence-electron chi connectivity index (χ1n) is 0.792. The van der Waals surface area contributed by atoms with Gasteiger partial charge < -0.3 is 0 Å². The van der Waals surface area contributed by atoms with Crippen LogP contribution in [-0.2, 0) is 14.8 Å². The summed E-state index contributed by atoms with van der Waals surface area (Å²) in [5.74, 6) is 0. The van der Waals surface area contributed by atoms with Gasteiger partial charge in [-0.15, -0.1) is 0 Å². The molecule has 0 fully saturated rings. The van der Waals surface area contributed by atoms with E-state index in [4.69, 9.17) is 4.79 Å². The van der Waals surface area contributed by atoms with Crippen LogP contribution in [0.3, 0.4) is 0 Å². The average Bonchev–Trinajstić information content (AvgIpc) is 1.38. The number of carbonyl (C=O) groups is 1. The van der Waals surface area contributed by atoms with E-state index in [0.717, 1.165) is 0 Å². The molecule has 0 bridgehead atoms. The highest BCUT2D eigenvalue weighted by atomic mass is 35.7. The summed E-state index contributed by atoms with van der Waals surface area (Å²) >= 11 is 0. The van der Waals surface area contributed by atoms with Crippen LogP contribution in [0.2, 0.25) is 0 Å². The zero-order valence-corrected chi connectivity index (χ0v) is 3.75. The molecule has 1 unspecified atom stereocenters. The smallest absolute Gasteiger partial charge is 0.222 e. The van der Waals surface area contributed by atoms with E-state index in [1.807, 2.05) is 0 Å². The Balaban J connectivity index is 3.20. The van der Waals surface area contributed by atoms with E-state index in [0.29, 0.717) is 0 Å². The quantitative estimate of drug-likeness (QED) is 0.356. The molecule has 0 aromatic heterocycles. The lowest BCUT2D eigenvalue weighted by Crippen LogP contribution is -1.70. The Bertz CT molecular complexity index is 60.7. The highest BCUT2D eigenvalue weighted by molar-refractivity contribution is 8.18. The first kappa shape index (κ1) is 5.11. The standard InChI is InChI=1S/CHClO2S/c2-5(4)1-3/h1H. The van der Waals surface area contributed by atoms with Crippen LogP contribution in [0.4, 0.5) is 0 Å². The fourth-order valence-corrected chi connectivity index (χ4v) is 0. The maximum absolute atomic E-state index is 9.32. The van der Waals surface area contributed by atoms with E-state index >= 15 is 0 Å². The van der Waals surface area contributed by atoms with E-state index in [1.165, 1.54) is 0 Å². The predicted octanol–water partition coefficient (Wildman–Crippen LogP) is 0.0791. The molecule has 0 spiro atoms. The molecule has 0 N–H and O–H groups in total. The Labute approximate surface area is 36.1 Å². The van der Waals surface area contributed by atoms with Gasteiger partial charge in [0.25, 0.3) is 0 Å². The molecule has 0 saturated carbocycles. The largest absolute Gasteiger partial charge is 0.287 e. The molecule has 1 atom stereocenters. The normalized spacial score (nSPS) is 13.8. The summed E-state index contributed by atoms with van der Waals surface area (Å²) in [4.78, 5) is 9.07. The fraction of sp³-hybridized carbons (Fsp3) is 0. The van der Waals surface area contributed by atoms with E-state index in [2.05, 4.69) is 10.7 Å². The molecule has 5 heavy (non-hydrogen) atoms. The minimum atomic E-state index is -1.78. The summed E-state index contributed by atoms with van der Waals surface area (Å²) in [5.41, 5.74) is 0.154. The maximum Gasteiger partial charge on any atom is 0.222 e. The lowest BCUT2D eigenvalue weighted by Gasteiger charge is -1.56. The summed E-state index contributed by atoms with van der Waals surface area (Å²) in [5, 5.41) is 0. The monoisotopic (exact) mass is 112 g/mol. The lowest BCUT2D eigenvalue weighted by atomic mass is 11.8. The van der Waals surface area contributed by atoms with Crippen LogP contribution in [0, 0.1) is 0 Å². The summed E-state index contributed by atoms with van der Waals surface area (Å²) in [6.45, 7) is 0. The minimum absolute atomic E-state index is 0.154. The van der Waals surface area contributed by atoms with Crippen LogP contribution >= 0.6 is 10.7 Å². The van der Waals surface area contributed by atoms with Crippen LogP contribution in [0.25, 0.3) is 0 Å². The van der Waals surface area contributed by atoms with Gasteiger partial charge in [-0.05, 0) is 10.7 Å². The molecule has 0 aliphatic carbocycles. The number of hydrogen-bond donors (Lipinski definition) is 0. The van der Waals surface area contributed by atoms with Crippen molar-refractivity contribution in [1.29, 1.82) is 0 Å². The van der Waals surface area contributed by atoms with Gasteiger partial charge >= 0.3 is 0 Å². The zero-order chi connectivity index (χ0) is 4.28. The van der Waals surface area contributed by atoms with Crippen molar-refractivity contribution in [2.75, 3.05) is 0 Å². The van der Waals surface area contributed by atoms with Gasteiger partial charge in [-0.1, -0.05) is 0 Å². The summed E-state index contributed by atoms with van der Waals surface area (Å²) in [7, 11) is 2.79. The van der Waals surface area contributed by atoms with Gasteiger partial charge in [-0.25, -0.2) is 4.21 Å². The van der Waals surface area contributed by atoms with Crippen molar-refractivity contribution in [3.05, 3.63) is 0 Å². The van der Waals surface area contributed by atoms with Crippen LogP contribution in [0.15, 0.2) is 0 Å². The van der Waals surface area contributed by atoms with E-state index in [9.17, 15) is 4.21 Å². The van der Waals surface area contributed by atoms with Crippen molar-refractivity contribution in [2.45, 2.75) is 0 Å². The number of hydrogen-bond acceptors (Lipinski definition) is 2. The second-order valence-electron chi connectivity index (χ2n) is 0.345. The zero-order valence-electron chi connectivity index (χ0n) is 2.18. The Hall–Kier alpha value is 0.110. The van der Waals surface area contributed by atoms with Gasteiger partial charge in [0.2, 0.25) is 5.62 Å². The Morgan fingerprint density at radius 2 is 2.00 bits per heavy atom. The Morgan fingerprint density at radius 3 is 2.00 bits per heavy atom. The first-order valence-corrected chi connectivity index (χ1v) is 2.83. The van der Waals surface area contributed by atoms with Crippen molar-refractivity contribution in [2.24, 2.45) is 0 Å². The topological polar surface area (TPSA) is 34.1 Å². The second-order valence-corrected chi connectivity index (χ2v) is 1.95. The van der Waals surface area contributed by atoms with E-state index in [-0.39, 0.29) is 5.62 Å². The minimum Gasteiger partial charge on any atom is -0.287 e. The fourth-order valence-electron chi connectivity index (χ4n) is 0. The second kappa shape index (κ2) is 2.35. The molecule has 0 aromatic rings. The third-order valence-corrected chi connectivity index (χ3v) is 0.445. The molecular weight excluding hydrogens is 112 g/mol. The average molecular weight is 113 g/mol. The summed E-state index contributed by atoms with van der Waals surface area (Å²) in [6.07, 6.45) is 0. The molecule has 0 rings (SSSR count). The number of carbonyl (C=O) groups excluding carboxylic acids is 1. The van der Waals surface area contributed by atoms with Crippen LogP contribution in [-0.4, -0.2) is 9.83 Å². The van der Waals surface area contributed by atoms with E-state index in [1.54, 1.807) is 0 Å². The third-order valence-electron chi connectivity index (χ3n) is 0.0757. The summed E-state index contributed by atoms with van der Waals surface area (Å²) < 4.78 is 9.32. The van der Waals surface area contributed by atoms with Crippen LogP contribution in [0.5, 0.6) is 0 Å². The number of halogens is 1. The molecule has 2 nitrogen and oxygen atoms in total. The van der Waals surface area contributed by atoms with Gasteiger partial charge in [0.05, 0.1) is 0 Å². The molecular formula is CHClO2S. The highest BCUT2D eigenvalue weighted by Gasteiger charge is 1.77. The first-order chi connectivity index (χ1) is 2.27. The molecule has 0 saturated heterocycles. The van der Waals surface area contributed by atoms with Crippen LogP contribution in [0.1, 0.15) is 0 Å².